The van der Waals surface area contributed by atoms with Gasteiger partial charge < -0.3 is 22.8 Å². The number of carbonyl (C=O) groups excluding carboxylic acids is 1. The zero-order valence-electron chi connectivity index (χ0n) is 33.0. The van der Waals surface area contributed by atoms with E-state index in [1.807, 2.05) is 0 Å². The molecule has 0 amide bonds. The molecule has 294 valence electrons. The molecule has 16 nitrogen and oxygen atoms in total. The Morgan fingerprint density at radius 2 is 0.772 bits per heavy atom. The van der Waals surface area contributed by atoms with Gasteiger partial charge in [-0.25, -0.2) is 33.7 Å². The van der Waals surface area contributed by atoms with E-state index in [1.165, 1.54) is 47.9 Å². The van der Waals surface area contributed by atoms with E-state index in [4.69, 9.17) is 0 Å². The van der Waals surface area contributed by atoms with Crippen molar-refractivity contribution in [2.75, 3.05) is 49.2 Å². The Labute approximate surface area is 506 Å². The van der Waals surface area contributed by atoms with Gasteiger partial charge in [0.25, 0.3) is 0 Å². The molecule has 0 aliphatic heterocycles. The van der Waals surface area contributed by atoms with Crippen LogP contribution in [0.15, 0.2) is 60.7 Å². The molecule has 25 heteroatoms. The number of benzene rings is 3. The predicted molar refractivity (Wildman–Crippen MR) is 194 cm³/mol. The van der Waals surface area contributed by atoms with Gasteiger partial charge in [0.1, 0.15) is 0 Å². The maximum Gasteiger partial charge on any atom is 1.00 e. The Bertz CT molecular complexity index is 2090. The van der Waals surface area contributed by atoms with Crippen LogP contribution in [-0.2, 0) is 58.1 Å². The Balaban J connectivity index is 0. The fourth-order valence-corrected chi connectivity index (χ4v) is 10.4. The Kier molecular flexibility index (Phi) is 30.1. The van der Waals surface area contributed by atoms with Gasteiger partial charge in [-0.3, -0.25) is 14.6 Å². The second-order valence-electron chi connectivity index (χ2n) is 12.4. The van der Waals surface area contributed by atoms with Crippen molar-refractivity contribution in [2.24, 2.45) is 0 Å². The minimum absolute atomic E-state index is 0. The van der Waals surface area contributed by atoms with E-state index in [-0.39, 0.29) is 257 Å². The summed E-state index contributed by atoms with van der Waals surface area (Å²) < 4.78 is 154. The third-order valence-corrected chi connectivity index (χ3v) is 14.3. The second-order valence-corrected chi connectivity index (χ2v) is 21.1. The maximum absolute atomic E-state index is 15.2. The van der Waals surface area contributed by atoms with Crippen LogP contribution in [0.4, 0.5) is 0 Å². The second kappa shape index (κ2) is 27.3. The Morgan fingerprint density at radius 3 is 1.02 bits per heavy atom. The molecule has 57 heavy (non-hydrogen) atoms. The van der Waals surface area contributed by atoms with Crippen molar-refractivity contribution in [1.82, 2.24) is 9.80 Å². The number of hydrogen-bond donors (Lipinski definition) is 0. The van der Waals surface area contributed by atoms with Gasteiger partial charge in [0, 0.05) is 55.4 Å². The normalized spacial score (nSPS) is 12.2. The Morgan fingerprint density at radius 1 is 0.509 bits per heavy atom. The molecule has 0 heterocycles. The molecule has 0 saturated heterocycles. The predicted octanol–water partition coefficient (Wildman–Crippen LogP) is -11.4. The summed E-state index contributed by atoms with van der Waals surface area (Å²) in [6.07, 6.45) is 0. The van der Waals surface area contributed by atoms with Crippen molar-refractivity contribution >= 4 is 63.7 Å². The first kappa shape index (κ1) is 62.8. The van der Waals surface area contributed by atoms with Crippen molar-refractivity contribution in [3.63, 3.8) is 0 Å². The summed E-state index contributed by atoms with van der Waals surface area (Å²) >= 11 is 0. The van der Waals surface area contributed by atoms with Crippen molar-refractivity contribution in [2.45, 2.75) is 33.9 Å². The van der Waals surface area contributed by atoms with E-state index < -0.39 is 102 Å². The summed E-state index contributed by atoms with van der Waals surface area (Å²) in [6.45, 7) is 1.86. The summed E-state index contributed by atoms with van der Waals surface area (Å²) in [6, 6.07) is 15.8. The molecule has 0 radical (unpaired) electrons. The van der Waals surface area contributed by atoms with Crippen LogP contribution in [0.2, 0.25) is 0 Å². The van der Waals surface area contributed by atoms with E-state index in [0.29, 0.717) is 5.56 Å². The molecule has 3 aromatic carbocycles. The molecule has 0 saturated carbocycles. The van der Waals surface area contributed by atoms with Crippen LogP contribution in [0, 0.1) is 20.8 Å². The zero-order chi connectivity index (χ0) is 40.0. The molecule has 0 fully saturated rings. The van der Waals surface area contributed by atoms with Crippen LogP contribution in [0.3, 0.4) is 0 Å². The topological polar surface area (TPSA) is 269 Å². The molecule has 3 aromatic rings. The molecule has 0 aromatic heterocycles. The maximum atomic E-state index is 15.2. The van der Waals surface area contributed by atoms with Crippen LogP contribution >= 0.6 is 7.14 Å². The fraction of sp³-hybridized carbons (Fsp3) is 0.406. The molecule has 0 spiro atoms. The summed E-state index contributed by atoms with van der Waals surface area (Å²) in [5, 5.41) is 0.370. The number of nitrogens with zero attached hydrogens (tertiary/aromatic N) is 2. The van der Waals surface area contributed by atoms with E-state index in [2.05, 4.69) is 0 Å². The van der Waals surface area contributed by atoms with Crippen LogP contribution in [0.1, 0.15) is 38.2 Å². The van der Waals surface area contributed by atoms with E-state index in [0.717, 1.165) is 0 Å². The third-order valence-electron chi connectivity index (χ3n) is 8.69. The summed E-state index contributed by atoms with van der Waals surface area (Å²) in [5.41, 5.74) is 0.456. The van der Waals surface area contributed by atoms with Crippen molar-refractivity contribution < 1.29 is 267 Å². The molecule has 0 N–H and O–H groups in total. The molecular formula is C32H39K4N2O14PS4. The zero-order valence-corrected chi connectivity index (χ0v) is 49.7. The van der Waals surface area contributed by atoms with Gasteiger partial charge in [0.05, 0.1) is 63.5 Å². The van der Waals surface area contributed by atoms with Gasteiger partial charge in [-0.2, -0.15) is 0 Å². The summed E-state index contributed by atoms with van der Waals surface area (Å²) in [7, 11) is -23.5. The molecule has 0 bridgehead atoms. The van der Waals surface area contributed by atoms with Crippen LogP contribution < -0.4 is 216 Å². The van der Waals surface area contributed by atoms with Crippen LogP contribution in [0.5, 0.6) is 0 Å². The molecule has 0 unspecified atom stereocenters. The SMILES string of the molecule is Cc1c(CN(CCS(=O)(=O)[O-])CCS(=O)(=O)[O-])c(C)c(C(=O)P(=O)(c2ccccc2)c2ccccc2)c(C)c1CN(CCS(=O)(=O)[O-])CCS(=O)(=O)[O-].[K+].[K+].[K+].[K+]. The number of rotatable bonds is 20. The summed E-state index contributed by atoms with van der Waals surface area (Å²) in [5.74, 6) is -3.86. The van der Waals surface area contributed by atoms with Crippen LogP contribution in [-0.4, -0.2) is 116 Å². The van der Waals surface area contributed by atoms with Gasteiger partial charge in [-0.05, 0) is 48.6 Å². The van der Waals surface area contributed by atoms with Gasteiger partial charge in [0.15, 0.2) is 0 Å². The van der Waals surface area contributed by atoms with Crippen LogP contribution in [0.25, 0.3) is 0 Å². The minimum Gasteiger partial charge on any atom is -0.748 e. The van der Waals surface area contributed by atoms with Gasteiger partial charge in [-0.15, -0.1) is 0 Å². The van der Waals surface area contributed by atoms with E-state index in [1.54, 1.807) is 43.3 Å². The molecule has 3 rings (SSSR count). The Hall–Kier alpha value is 3.67. The molecule has 0 aliphatic rings. The first-order chi connectivity index (χ1) is 24.3. The van der Waals surface area contributed by atoms with E-state index in [9.17, 15) is 56.7 Å². The number of carbonyl (C=O) groups is 1. The van der Waals surface area contributed by atoms with Gasteiger partial charge in [0.2, 0.25) is 12.7 Å². The van der Waals surface area contributed by atoms with Crippen molar-refractivity contribution in [1.29, 1.82) is 0 Å². The number of hydrogen-bond acceptors (Lipinski definition) is 16. The van der Waals surface area contributed by atoms with Crippen molar-refractivity contribution in [3.05, 3.63) is 94.0 Å². The third kappa shape index (κ3) is 20.8. The summed E-state index contributed by atoms with van der Waals surface area (Å²) in [4.78, 5) is 17.4. The van der Waals surface area contributed by atoms with Gasteiger partial charge >= 0.3 is 206 Å². The average Bonchev–Trinajstić information content (AvgIpc) is 3.05. The fourth-order valence-electron chi connectivity index (χ4n) is 5.89. The minimum atomic E-state index is -4.82. The first-order valence-electron chi connectivity index (χ1n) is 15.9. The molecular weight excluding hydrogens is 952 g/mol. The first-order valence-corrected chi connectivity index (χ1v) is 23.9. The van der Waals surface area contributed by atoms with Crippen molar-refractivity contribution in [3.8, 4) is 0 Å². The quantitative estimate of drug-likeness (QED) is 0.0578. The molecule has 0 atom stereocenters. The smallest absolute Gasteiger partial charge is 0.748 e. The monoisotopic (exact) mass is 990 g/mol. The van der Waals surface area contributed by atoms with E-state index >= 15 is 4.57 Å². The van der Waals surface area contributed by atoms with Gasteiger partial charge in [-0.1, -0.05) is 60.7 Å². The standard InChI is InChI=1S/C32H43N2O14PS4.4K/c1-24-29(22-33(14-18-50(37,38)39)15-19-51(40,41)42)25(2)31(26(3)30(24)23-34(16-20-52(43,44)45)17-21-53(46,47)48)32(35)49(36,27-10-6-4-7-11-27)28-12-8-5-9-13-28;;;;/h4-13H,14-23H2,1-3H3,(H,37,38,39)(H,40,41,42)(H,43,44,45)(H,46,47,48);;;;/q;4*+1/p-4. The largest absolute Gasteiger partial charge is 1.00 e. The molecule has 0 aliphatic carbocycles. The average molecular weight is 991 g/mol.